The van der Waals surface area contributed by atoms with Crippen molar-refractivity contribution in [3.8, 4) is 11.5 Å². The summed E-state index contributed by atoms with van der Waals surface area (Å²) in [7, 11) is 0. The van der Waals surface area contributed by atoms with Crippen LogP contribution in [-0.4, -0.2) is 0 Å². The van der Waals surface area contributed by atoms with Crippen molar-refractivity contribution in [3.05, 3.63) is 95.1 Å². The van der Waals surface area contributed by atoms with E-state index in [4.69, 9.17) is 16.2 Å². The summed E-state index contributed by atoms with van der Waals surface area (Å²) in [6, 6.07) is 24.5. The molecule has 0 aromatic heterocycles. The van der Waals surface area contributed by atoms with Gasteiger partial charge < -0.3 is 16.2 Å². The fraction of sp³-hybridized carbons (Fsp3) is 0.217. The first kappa shape index (κ1) is 18.1. The minimum atomic E-state index is -0.281. The van der Waals surface area contributed by atoms with Crippen LogP contribution in [0.4, 0.5) is 0 Å². The summed E-state index contributed by atoms with van der Waals surface area (Å²) >= 11 is 1.54. The van der Waals surface area contributed by atoms with E-state index < -0.39 is 0 Å². The van der Waals surface area contributed by atoms with E-state index in [0.717, 1.165) is 28.2 Å². The summed E-state index contributed by atoms with van der Waals surface area (Å²) in [5.41, 5.74) is 17.2. The fourth-order valence-electron chi connectivity index (χ4n) is 3.66. The van der Waals surface area contributed by atoms with Crippen LogP contribution < -0.4 is 16.2 Å². The standard InChI is InChI=1S/C23H24N2OS/c1-23(2)17-12-6-7-14-19(17)26-20-16(11-8-13-18(20)23)22(25)27-21(24)15-9-4-3-5-10-15/h3-14,21-22H,24-25H2,1-2H3. The predicted molar refractivity (Wildman–Crippen MR) is 113 cm³/mol. The van der Waals surface area contributed by atoms with Crippen molar-refractivity contribution in [3.63, 3.8) is 0 Å². The zero-order valence-corrected chi connectivity index (χ0v) is 16.4. The maximum absolute atomic E-state index is 6.57. The number of ether oxygens (including phenoxy) is 1. The number of benzene rings is 3. The second-order valence-electron chi connectivity index (χ2n) is 7.34. The minimum Gasteiger partial charge on any atom is -0.456 e. The molecule has 4 N–H and O–H groups in total. The highest BCUT2D eigenvalue weighted by molar-refractivity contribution is 7.99. The Balaban J connectivity index is 1.69. The Morgan fingerprint density at radius 2 is 1.44 bits per heavy atom. The van der Waals surface area contributed by atoms with Gasteiger partial charge in [-0.2, -0.15) is 0 Å². The molecule has 0 radical (unpaired) electrons. The first-order valence-electron chi connectivity index (χ1n) is 9.11. The van der Waals surface area contributed by atoms with E-state index in [1.54, 1.807) is 0 Å². The van der Waals surface area contributed by atoms with Crippen LogP contribution in [-0.2, 0) is 5.41 Å². The van der Waals surface area contributed by atoms with Gasteiger partial charge in [-0.25, -0.2) is 0 Å². The molecule has 0 bridgehead atoms. The maximum atomic E-state index is 6.57. The highest BCUT2D eigenvalue weighted by Crippen LogP contribution is 2.51. The lowest BCUT2D eigenvalue weighted by Crippen LogP contribution is -2.25. The molecule has 27 heavy (non-hydrogen) atoms. The quantitative estimate of drug-likeness (QED) is 0.593. The molecule has 1 aliphatic rings. The molecule has 0 aliphatic carbocycles. The lowest BCUT2D eigenvalue weighted by Gasteiger charge is -2.36. The number of hydrogen-bond acceptors (Lipinski definition) is 4. The number of thioether (sulfide) groups is 1. The van der Waals surface area contributed by atoms with E-state index in [0.29, 0.717) is 0 Å². The van der Waals surface area contributed by atoms with Crippen molar-refractivity contribution in [2.24, 2.45) is 11.5 Å². The SMILES string of the molecule is CC1(C)c2ccccc2Oc2c(C(N)SC(N)c3ccccc3)cccc21. The van der Waals surface area contributed by atoms with Gasteiger partial charge in [0.1, 0.15) is 11.5 Å². The van der Waals surface area contributed by atoms with E-state index >= 15 is 0 Å². The van der Waals surface area contributed by atoms with Gasteiger partial charge in [0.25, 0.3) is 0 Å². The van der Waals surface area contributed by atoms with E-state index in [9.17, 15) is 0 Å². The molecule has 0 amide bonds. The average molecular weight is 377 g/mol. The lowest BCUT2D eigenvalue weighted by atomic mass is 9.75. The largest absolute Gasteiger partial charge is 0.456 e. The number of nitrogens with two attached hydrogens (primary N) is 2. The molecule has 3 aromatic carbocycles. The summed E-state index contributed by atoms with van der Waals surface area (Å²) in [5.74, 6) is 1.76. The van der Waals surface area contributed by atoms with Gasteiger partial charge in [-0.15, -0.1) is 11.8 Å². The van der Waals surface area contributed by atoms with Crippen LogP contribution in [0.1, 0.15) is 46.8 Å². The topological polar surface area (TPSA) is 61.3 Å². The molecule has 1 aliphatic heterocycles. The van der Waals surface area contributed by atoms with Gasteiger partial charge in [-0.1, -0.05) is 80.6 Å². The summed E-state index contributed by atoms with van der Waals surface area (Å²) in [6.45, 7) is 4.46. The molecule has 0 spiro atoms. The Kier molecular flexibility index (Phi) is 4.72. The molecular formula is C23H24N2OS. The van der Waals surface area contributed by atoms with Crippen LogP contribution in [0, 0.1) is 0 Å². The Bertz CT molecular complexity index is 956. The zero-order chi connectivity index (χ0) is 19.0. The molecule has 3 nitrogen and oxygen atoms in total. The van der Waals surface area contributed by atoms with Crippen LogP contribution in [0.15, 0.2) is 72.8 Å². The highest BCUT2D eigenvalue weighted by Gasteiger charge is 2.36. The van der Waals surface area contributed by atoms with Crippen LogP contribution in [0.3, 0.4) is 0 Å². The first-order chi connectivity index (χ1) is 13.0. The molecule has 1 heterocycles. The van der Waals surface area contributed by atoms with Gasteiger partial charge in [-0.05, 0) is 11.6 Å². The monoisotopic (exact) mass is 376 g/mol. The Hall–Kier alpha value is -2.27. The highest BCUT2D eigenvalue weighted by atomic mass is 32.2. The molecule has 2 unspecified atom stereocenters. The Labute approximate surface area is 164 Å². The molecule has 0 fully saturated rings. The normalized spacial score (nSPS) is 16.6. The Morgan fingerprint density at radius 1 is 0.778 bits per heavy atom. The smallest absolute Gasteiger partial charge is 0.137 e. The van der Waals surface area contributed by atoms with Crippen LogP contribution in [0.5, 0.6) is 11.5 Å². The number of hydrogen-bond donors (Lipinski definition) is 2. The third-order valence-corrected chi connectivity index (χ3v) is 6.33. The minimum absolute atomic E-state index is 0.147. The maximum Gasteiger partial charge on any atom is 0.137 e. The van der Waals surface area contributed by atoms with Gasteiger partial charge in [0.05, 0.1) is 10.7 Å². The van der Waals surface area contributed by atoms with Crippen molar-refractivity contribution in [2.75, 3.05) is 0 Å². The second-order valence-corrected chi connectivity index (χ2v) is 8.62. The van der Waals surface area contributed by atoms with Crippen LogP contribution in [0.25, 0.3) is 0 Å². The molecule has 0 saturated heterocycles. The molecule has 2 atom stereocenters. The zero-order valence-electron chi connectivity index (χ0n) is 15.6. The van der Waals surface area contributed by atoms with Crippen molar-refractivity contribution < 1.29 is 4.74 Å². The van der Waals surface area contributed by atoms with Crippen molar-refractivity contribution in [2.45, 2.75) is 30.0 Å². The third kappa shape index (κ3) is 3.25. The molecule has 0 saturated carbocycles. The molecule has 138 valence electrons. The number of rotatable bonds is 4. The predicted octanol–water partition coefficient (Wildman–Crippen LogP) is 5.47. The van der Waals surface area contributed by atoms with E-state index in [-0.39, 0.29) is 16.2 Å². The first-order valence-corrected chi connectivity index (χ1v) is 10.0. The van der Waals surface area contributed by atoms with Gasteiger partial charge in [0.15, 0.2) is 0 Å². The Morgan fingerprint density at radius 3 is 2.22 bits per heavy atom. The molecule has 3 aromatic rings. The number of para-hydroxylation sites is 2. The third-order valence-electron chi connectivity index (χ3n) is 5.22. The van der Waals surface area contributed by atoms with Crippen molar-refractivity contribution in [1.82, 2.24) is 0 Å². The average Bonchev–Trinajstić information content (AvgIpc) is 2.68. The van der Waals surface area contributed by atoms with Gasteiger partial charge in [0, 0.05) is 22.1 Å². The van der Waals surface area contributed by atoms with Crippen LogP contribution >= 0.6 is 11.8 Å². The van der Waals surface area contributed by atoms with Crippen molar-refractivity contribution >= 4 is 11.8 Å². The van der Waals surface area contributed by atoms with E-state index in [2.05, 4.69) is 38.1 Å². The number of fused-ring (bicyclic) bond motifs is 2. The second kappa shape index (κ2) is 7.04. The lowest BCUT2D eigenvalue weighted by molar-refractivity contribution is 0.413. The summed E-state index contributed by atoms with van der Waals surface area (Å²) in [6.07, 6.45) is 0. The molecule has 4 heteroatoms. The van der Waals surface area contributed by atoms with E-state index in [1.165, 1.54) is 17.3 Å². The van der Waals surface area contributed by atoms with Gasteiger partial charge >= 0.3 is 0 Å². The van der Waals surface area contributed by atoms with Gasteiger partial charge in [0.2, 0.25) is 0 Å². The fourth-order valence-corrected chi connectivity index (χ4v) is 4.63. The van der Waals surface area contributed by atoms with Crippen LogP contribution in [0.2, 0.25) is 0 Å². The van der Waals surface area contributed by atoms with E-state index in [1.807, 2.05) is 48.5 Å². The van der Waals surface area contributed by atoms with Crippen molar-refractivity contribution in [1.29, 1.82) is 0 Å². The summed E-state index contributed by atoms with van der Waals surface area (Å²) in [4.78, 5) is 0. The summed E-state index contributed by atoms with van der Waals surface area (Å²) < 4.78 is 6.32. The molecule has 4 rings (SSSR count). The molecular weight excluding hydrogens is 352 g/mol. The van der Waals surface area contributed by atoms with Gasteiger partial charge in [-0.3, -0.25) is 0 Å². The summed E-state index contributed by atoms with van der Waals surface area (Å²) in [5, 5.41) is -0.475.